The average molecular weight is 579 g/mol. The first-order chi connectivity index (χ1) is 20.4. The molecule has 3 heterocycles. The molecular weight excluding hydrogens is 536 g/mol. The summed E-state index contributed by atoms with van der Waals surface area (Å²) in [6.07, 6.45) is 13.5. The van der Waals surface area contributed by atoms with E-state index >= 15 is 0 Å². The number of ether oxygens (including phenoxy) is 1. The normalized spacial score (nSPS) is 29.0. The number of hydrogen-bond donors (Lipinski definition) is 3. The van der Waals surface area contributed by atoms with Gasteiger partial charge in [-0.3, -0.25) is 24.7 Å². The van der Waals surface area contributed by atoms with E-state index < -0.39 is 23.5 Å². The molecule has 2 saturated heterocycles. The zero-order chi connectivity index (χ0) is 29.2. The third-order valence-corrected chi connectivity index (χ3v) is 9.89. The van der Waals surface area contributed by atoms with E-state index in [4.69, 9.17) is 4.74 Å². The molecule has 226 valence electrons. The van der Waals surface area contributed by atoms with Crippen molar-refractivity contribution >= 4 is 28.9 Å². The average Bonchev–Trinajstić information content (AvgIpc) is 2.98. The van der Waals surface area contributed by atoms with Crippen LogP contribution in [-0.2, 0) is 9.53 Å². The summed E-state index contributed by atoms with van der Waals surface area (Å²) in [7, 11) is 0. The first-order valence-electron chi connectivity index (χ1n) is 15.7. The van der Waals surface area contributed by atoms with Crippen molar-refractivity contribution in [1.82, 2.24) is 30.6 Å². The maximum atomic E-state index is 13.9. The molecule has 1 aromatic heterocycles. The lowest BCUT2D eigenvalue weighted by molar-refractivity contribution is -0.141. The Balaban J connectivity index is 1.21. The summed E-state index contributed by atoms with van der Waals surface area (Å²) in [6.45, 7) is 1.51. The van der Waals surface area contributed by atoms with Crippen LogP contribution in [-0.4, -0.2) is 63.6 Å². The maximum absolute atomic E-state index is 13.9. The Morgan fingerprint density at radius 3 is 2.29 bits per heavy atom. The fraction of sp³-hybridized carbons (Fsp3) is 0.645. The Morgan fingerprint density at radius 1 is 0.881 bits per heavy atom. The first kappa shape index (κ1) is 28.6. The molecule has 4 bridgehead atoms. The van der Waals surface area contributed by atoms with E-state index in [0.29, 0.717) is 23.6 Å². The number of hydrogen-bond acceptors (Lipinski definition) is 7. The van der Waals surface area contributed by atoms with E-state index in [1.807, 2.05) is 18.2 Å². The van der Waals surface area contributed by atoms with E-state index in [9.17, 15) is 19.2 Å². The van der Waals surface area contributed by atoms with Crippen LogP contribution in [0.25, 0.3) is 11.0 Å². The van der Waals surface area contributed by atoms with Crippen LogP contribution >= 0.6 is 0 Å². The summed E-state index contributed by atoms with van der Waals surface area (Å²) < 4.78 is 6.56. The monoisotopic (exact) mass is 578 g/mol. The van der Waals surface area contributed by atoms with Crippen molar-refractivity contribution in [3.8, 4) is 0 Å². The van der Waals surface area contributed by atoms with Crippen LogP contribution in [0.1, 0.15) is 94.1 Å². The molecule has 42 heavy (non-hydrogen) atoms. The van der Waals surface area contributed by atoms with Crippen LogP contribution < -0.4 is 21.7 Å². The molecule has 0 spiro atoms. The van der Waals surface area contributed by atoms with E-state index in [1.54, 1.807) is 17.6 Å². The highest BCUT2D eigenvalue weighted by Gasteiger charge is 2.45. The van der Waals surface area contributed by atoms with Crippen LogP contribution in [0.4, 0.5) is 4.79 Å². The van der Waals surface area contributed by atoms with Gasteiger partial charge in [-0.15, -0.1) is 0 Å². The molecule has 4 fully saturated rings. The molecule has 4 aliphatic rings. The first-order valence-corrected chi connectivity index (χ1v) is 15.7. The Morgan fingerprint density at radius 2 is 1.57 bits per heavy atom. The predicted molar refractivity (Wildman–Crippen MR) is 157 cm³/mol. The largest absolute Gasteiger partial charge is 0.465 e. The van der Waals surface area contributed by atoms with E-state index in [0.717, 1.165) is 43.0 Å². The number of benzene rings is 1. The van der Waals surface area contributed by atoms with Crippen LogP contribution in [0.15, 0.2) is 29.1 Å². The van der Waals surface area contributed by atoms with Gasteiger partial charge in [0, 0.05) is 24.2 Å². The van der Waals surface area contributed by atoms with Gasteiger partial charge in [0.2, 0.25) is 0 Å². The molecule has 3 N–H and O–H groups in total. The van der Waals surface area contributed by atoms with Crippen molar-refractivity contribution in [2.75, 3.05) is 13.2 Å². The number of carbonyl (C=O) groups is 3. The number of para-hydroxylation sites is 2. The lowest BCUT2D eigenvalue weighted by Gasteiger charge is -2.55. The van der Waals surface area contributed by atoms with Gasteiger partial charge in [0.05, 0.1) is 17.6 Å². The summed E-state index contributed by atoms with van der Waals surface area (Å²) >= 11 is 0. The minimum Gasteiger partial charge on any atom is -0.465 e. The van der Waals surface area contributed by atoms with Gasteiger partial charge < -0.3 is 14.6 Å². The third-order valence-electron chi connectivity index (χ3n) is 9.89. The van der Waals surface area contributed by atoms with Crippen LogP contribution in [0.2, 0.25) is 0 Å². The number of hydrazine groups is 1. The third kappa shape index (κ3) is 5.88. The standard InChI is InChI=1S/C31H42N6O5/c1-2-42-27(38)18-32-31(41)35-34-29(39)28-30(40)37(26-12-4-3-11-25(26)33-28)24-16-21-9-6-10-22(17-24)36(21)23-14-19-7-5-8-20(13-19)15-23/h3-4,11-12,19-24H,2,5-10,13-18H2,1H3,(H,34,39)(H2,32,35,41)/t19-,20+,21-,22+,23+,24+. The van der Waals surface area contributed by atoms with Crippen molar-refractivity contribution in [3.63, 3.8) is 0 Å². The Hall–Kier alpha value is -3.47. The summed E-state index contributed by atoms with van der Waals surface area (Å²) in [4.78, 5) is 57.9. The number of aromatic nitrogens is 2. The quantitative estimate of drug-likeness (QED) is 0.353. The highest BCUT2D eigenvalue weighted by molar-refractivity contribution is 5.95. The number of piperidine rings is 2. The van der Waals surface area contributed by atoms with Crippen molar-refractivity contribution < 1.29 is 19.1 Å². The number of esters is 1. The molecule has 2 aromatic rings. The van der Waals surface area contributed by atoms with Gasteiger partial charge in [-0.05, 0) is 75.8 Å². The summed E-state index contributed by atoms with van der Waals surface area (Å²) in [6, 6.07) is 8.13. The minimum atomic E-state index is -0.808. The highest BCUT2D eigenvalue weighted by Crippen LogP contribution is 2.47. The van der Waals surface area contributed by atoms with Crippen molar-refractivity contribution in [1.29, 1.82) is 0 Å². The fourth-order valence-corrected chi connectivity index (χ4v) is 8.38. The van der Waals surface area contributed by atoms with Crippen molar-refractivity contribution in [3.05, 3.63) is 40.3 Å². The molecular formula is C31H42N6O5. The van der Waals surface area contributed by atoms with Crippen LogP contribution in [0.5, 0.6) is 0 Å². The number of nitrogens with zero attached hydrogens (tertiary/aromatic N) is 3. The second kappa shape index (κ2) is 12.4. The number of amides is 3. The van der Waals surface area contributed by atoms with Crippen molar-refractivity contribution in [2.45, 2.75) is 102 Å². The lowest BCUT2D eigenvalue weighted by atomic mass is 9.68. The Bertz CT molecular complexity index is 1370. The molecule has 11 heteroatoms. The number of nitrogens with one attached hydrogen (secondary N) is 3. The van der Waals surface area contributed by atoms with Gasteiger partial charge in [-0.25, -0.2) is 15.2 Å². The van der Waals surface area contributed by atoms with Gasteiger partial charge in [0.25, 0.3) is 11.5 Å². The molecule has 1 aromatic carbocycles. The van der Waals surface area contributed by atoms with Gasteiger partial charge in [0.15, 0.2) is 5.69 Å². The SMILES string of the molecule is CCOC(=O)CNC(=O)NNC(=O)c1nc2ccccc2n([C@H]2C[C@H]3CCC[C@@H](C2)N3[C@H]2C[C@@H]3CCC[C@@H](C3)C2)c1=O. The summed E-state index contributed by atoms with van der Waals surface area (Å²) in [5, 5.41) is 2.30. The number of carbonyl (C=O) groups excluding carboxylic acids is 3. The molecule has 6 rings (SSSR count). The zero-order valence-electron chi connectivity index (χ0n) is 24.3. The highest BCUT2D eigenvalue weighted by atomic mass is 16.5. The fourth-order valence-electron chi connectivity index (χ4n) is 8.38. The molecule has 2 saturated carbocycles. The number of urea groups is 1. The second-order valence-electron chi connectivity index (χ2n) is 12.5. The van der Waals surface area contributed by atoms with E-state index in [2.05, 4.69) is 26.1 Å². The molecule has 2 aliphatic carbocycles. The van der Waals surface area contributed by atoms with Gasteiger partial charge in [-0.2, -0.15) is 0 Å². The predicted octanol–water partition coefficient (Wildman–Crippen LogP) is 3.43. The minimum absolute atomic E-state index is 0.0348. The summed E-state index contributed by atoms with van der Waals surface area (Å²) in [5.41, 5.74) is 5.01. The van der Waals surface area contributed by atoms with E-state index in [-0.39, 0.29) is 24.9 Å². The molecule has 11 nitrogen and oxygen atoms in total. The van der Waals surface area contributed by atoms with Gasteiger partial charge in [0.1, 0.15) is 6.54 Å². The molecule has 0 unspecified atom stereocenters. The van der Waals surface area contributed by atoms with Gasteiger partial charge in [-0.1, -0.05) is 37.8 Å². The van der Waals surface area contributed by atoms with E-state index in [1.165, 1.54) is 44.9 Å². The Kier molecular flexibility index (Phi) is 8.46. The number of rotatable bonds is 6. The maximum Gasteiger partial charge on any atom is 0.333 e. The summed E-state index contributed by atoms with van der Waals surface area (Å²) in [5.74, 6) is 0.335. The van der Waals surface area contributed by atoms with Crippen molar-refractivity contribution in [2.24, 2.45) is 11.8 Å². The topological polar surface area (TPSA) is 135 Å². The molecule has 6 atom stereocenters. The van der Waals surface area contributed by atoms with Crippen LogP contribution in [0.3, 0.4) is 0 Å². The molecule has 0 radical (unpaired) electrons. The van der Waals surface area contributed by atoms with Crippen LogP contribution in [0, 0.1) is 11.8 Å². The smallest absolute Gasteiger partial charge is 0.333 e. The van der Waals surface area contributed by atoms with Gasteiger partial charge >= 0.3 is 12.0 Å². The number of fused-ring (bicyclic) bond motifs is 5. The lowest BCUT2D eigenvalue weighted by Crippen LogP contribution is -2.58. The molecule has 3 amide bonds. The second-order valence-corrected chi connectivity index (χ2v) is 12.5. The Labute approximate surface area is 245 Å². The molecule has 2 aliphatic heterocycles. The zero-order valence-corrected chi connectivity index (χ0v) is 24.3.